The van der Waals surface area contributed by atoms with E-state index in [1.807, 2.05) is 0 Å². The molecule has 25 heavy (non-hydrogen) atoms. The number of esters is 1. The molecule has 0 aromatic rings. The van der Waals surface area contributed by atoms with Crippen molar-refractivity contribution in [2.24, 2.45) is 11.8 Å². The van der Waals surface area contributed by atoms with E-state index in [-0.39, 0.29) is 37.4 Å². The molecule has 0 spiro atoms. The molecular formula is C19H35NO5. The number of amides is 1. The summed E-state index contributed by atoms with van der Waals surface area (Å²) in [5, 5.41) is 8.77. The maximum absolute atomic E-state index is 12.9. The fourth-order valence-electron chi connectivity index (χ4n) is 3.45. The molecule has 0 aromatic heterocycles. The number of carbonyl (C=O) groups is 2. The average Bonchev–Trinajstić information content (AvgIpc) is 2.65. The standard InChI is InChI=1S/C19H35NO5/c1-3-4-5-16-6-8-17(9-7-16)19(23)20(11-10-18(22)24-2)12-14-25-15-13-21/h16-17,21H,3-15H2,1-2H3. The molecule has 0 radical (unpaired) electrons. The Morgan fingerprint density at radius 1 is 1.12 bits per heavy atom. The van der Waals surface area contributed by atoms with Gasteiger partial charge in [0.25, 0.3) is 0 Å². The Hall–Kier alpha value is -1.14. The quantitative estimate of drug-likeness (QED) is 0.429. The zero-order valence-corrected chi connectivity index (χ0v) is 15.9. The van der Waals surface area contributed by atoms with Gasteiger partial charge in [-0.05, 0) is 31.6 Å². The highest BCUT2D eigenvalue weighted by Gasteiger charge is 2.29. The van der Waals surface area contributed by atoms with Crippen LogP contribution in [0.4, 0.5) is 0 Å². The molecule has 1 fully saturated rings. The van der Waals surface area contributed by atoms with E-state index in [2.05, 4.69) is 11.7 Å². The van der Waals surface area contributed by atoms with Gasteiger partial charge in [0, 0.05) is 19.0 Å². The molecule has 0 aliphatic heterocycles. The second-order valence-electron chi connectivity index (χ2n) is 6.85. The van der Waals surface area contributed by atoms with E-state index in [0.717, 1.165) is 31.6 Å². The first kappa shape index (κ1) is 21.9. The number of hydrogen-bond donors (Lipinski definition) is 1. The van der Waals surface area contributed by atoms with Crippen LogP contribution in [0.2, 0.25) is 0 Å². The topological polar surface area (TPSA) is 76.1 Å². The van der Waals surface area contributed by atoms with Crippen LogP contribution >= 0.6 is 0 Å². The van der Waals surface area contributed by atoms with Gasteiger partial charge >= 0.3 is 5.97 Å². The monoisotopic (exact) mass is 357 g/mol. The number of carbonyl (C=O) groups excluding carboxylic acids is 2. The fraction of sp³-hybridized carbons (Fsp3) is 0.895. The van der Waals surface area contributed by atoms with E-state index in [4.69, 9.17) is 9.84 Å². The summed E-state index contributed by atoms with van der Waals surface area (Å²) >= 11 is 0. The zero-order chi connectivity index (χ0) is 18.5. The summed E-state index contributed by atoms with van der Waals surface area (Å²) in [5.41, 5.74) is 0. The van der Waals surface area contributed by atoms with Crippen molar-refractivity contribution in [3.8, 4) is 0 Å². The minimum Gasteiger partial charge on any atom is -0.469 e. The summed E-state index contributed by atoms with van der Waals surface area (Å²) in [7, 11) is 1.36. The van der Waals surface area contributed by atoms with E-state index in [0.29, 0.717) is 19.7 Å². The van der Waals surface area contributed by atoms with Crippen molar-refractivity contribution in [2.45, 2.75) is 58.3 Å². The van der Waals surface area contributed by atoms with E-state index < -0.39 is 0 Å². The number of unbranched alkanes of at least 4 members (excludes halogenated alkanes) is 1. The van der Waals surface area contributed by atoms with Crippen LogP contribution in [0, 0.1) is 11.8 Å². The number of aliphatic hydroxyl groups is 1. The maximum atomic E-state index is 12.9. The number of nitrogens with zero attached hydrogens (tertiary/aromatic N) is 1. The van der Waals surface area contributed by atoms with Gasteiger partial charge in [0.15, 0.2) is 0 Å². The SMILES string of the molecule is CCCCC1CCC(C(=O)N(CCOCCO)CCC(=O)OC)CC1. The van der Waals surface area contributed by atoms with E-state index in [1.165, 1.54) is 26.4 Å². The second kappa shape index (κ2) is 13.1. The van der Waals surface area contributed by atoms with E-state index in [9.17, 15) is 9.59 Å². The first-order valence-corrected chi connectivity index (χ1v) is 9.66. The van der Waals surface area contributed by atoms with Gasteiger partial charge in [-0.25, -0.2) is 0 Å². The fourth-order valence-corrected chi connectivity index (χ4v) is 3.45. The minimum absolute atomic E-state index is 0.0299. The van der Waals surface area contributed by atoms with Crippen LogP contribution < -0.4 is 0 Å². The van der Waals surface area contributed by atoms with Gasteiger partial charge in [0.2, 0.25) is 5.91 Å². The Morgan fingerprint density at radius 3 is 2.44 bits per heavy atom. The number of hydrogen-bond acceptors (Lipinski definition) is 5. The molecule has 0 bridgehead atoms. The predicted octanol–water partition coefficient (Wildman–Crippen LogP) is 2.38. The largest absolute Gasteiger partial charge is 0.469 e. The highest BCUT2D eigenvalue weighted by Crippen LogP contribution is 2.32. The third-order valence-electron chi connectivity index (χ3n) is 5.03. The predicted molar refractivity (Wildman–Crippen MR) is 96.1 cm³/mol. The van der Waals surface area contributed by atoms with Crippen LogP contribution in [0.25, 0.3) is 0 Å². The molecule has 1 aliphatic rings. The van der Waals surface area contributed by atoms with Gasteiger partial charge in [-0.2, -0.15) is 0 Å². The van der Waals surface area contributed by atoms with Crippen LogP contribution in [-0.4, -0.2) is 61.9 Å². The number of ether oxygens (including phenoxy) is 2. The molecule has 0 unspecified atom stereocenters. The number of aliphatic hydroxyl groups excluding tert-OH is 1. The molecule has 1 aliphatic carbocycles. The van der Waals surface area contributed by atoms with Gasteiger partial charge in [0.1, 0.15) is 0 Å². The summed E-state index contributed by atoms with van der Waals surface area (Å²) < 4.78 is 9.96. The second-order valence-corrected chi connectivity index (χ2v) is 6.85. The average molecular weight is 357 g/mol. The van der Waals surface area contributed by atoms with Crippen molar-refractivity contribution in [1.82, 2.24) is 4.90 Å². The lowest BCUT2D eigenvalue weighted by atomic mass is 9.79. The molecule has 0 atom stereocenters. The normalized spacial score (nSPS) is 20.3. The lowest BCUT2D eigenvalue weighted by Crippen LogP contribution is -2.41. The molecule has 6 nitrogen and oxygen atoms in total. The lowest BCUT2D eigenvalue weighted by molar-refractivity contribution is -0.143. The third-order valence-corrected chi connectivity index (χ3v) is 5.03. The van der Waals surface area contributed by atoms with Crippen LogP contribution in [0.3, 0.4) is 0 Å². The summed E-state index contributed by atoms with van der Waals surface area (Å²) in [6, 6.07) is 0. The first-order valence-electron chi connectivity index (χ1n) is 9.66. The molecular weight excluding hydrogens is 322 g/mol. The molecule has 146 valence electrons. The first-order chi connectivity index (χ1) is 12.1. The van der Waals surface area contributed by atoms with Gasteiger partial charge in [-0.1, -0.05) is 26.2 Å². The molecule has 0 saturated heterocycles. The smallest absolute Gasteiger partial charge is 0.307 e. The highest BCUT2D eigenvalue weighted by atomic mass is 16.5. The number of rotatable bonds is 12. The van der Waals surface area contributed by atoms with Gasteiger partial charge in [-0.15, -0.1) is 0 Å². The van der Waals surface area contributed by atoms with Gasteiger partial charge in [-0.3, -0.25) is 9.59 Å². The van der Waals surface area contributed by atoms with Crippen molar-refractivity contribution in [3.63, 3.8) is 0 Å². The Balaban J connectivity index is 2.48. The van der Waals surface area contributed by atoms with E-state index >= 15 is 0 Å². The van der Waals surface area contributed by atoms with Crippen molar-refractivity contribution < 1.29 is 24.2 Å². The molecule has 1 rings (SSSR count). The minimum atomic E-state index is -0.308. The summed E-state index contributed by atoms with van der Waals surface area (Å²) in [4.78, 5) is 26.0. The van der Waals surface area contributed by atoms with E-state index in [1.54, 1.807) is 4.90 Å². The molecule has 0 aromatic carbocycles. The van der Waals surface area contributed by atoms with Crippen molar-refractivity contribution in [1.29, 1.82) is 0 Å². The Kier molecular flexibility index (Phi) is 11.5. The summed E-state index contributed by atoms with van der Waals surface area (Å²) in [5.74, 6) is 0.650. The van der Waals surface area contributed by atoms with Crippen molar-refractivity contribution in [3.05, 3.63) is 0 Å². The van der Waals surface area contributed by atoms with Crippen LogP contribution in [0.5, 0.6) is 0 Å². The van der Waals surface area contributed by atoms with Gasteiger partial charge < -0.3 is 19.5 Å². The van der Waals surface area contributed by atoms with Crippen LogP contribution in [0.15, 0.2) is 0 Å². The molecule has 1 saturated carbocycles. The lowest BCUT2D eigenvalue weighted by Gasteiger charge is -2.32. The Morgan fingerprint density at radius 2 is 1.84 bits per heavy atom. The van der Waals surface area contributed by atoms with Gasteiger partial charge in [0.05, 0.1) is 33.4 Å². The highest BCUT2D eigenvalue weighted by molar-refractivity contribution is 5.79. The zero-order valence-electron chi connectivity index (χ0n) is 15.9. The molecule has 0 heterocycles. The Bertz CT molecular complexity index is 380. The number of methoxy groups -OCH3 is 1. The maximum Gasteiger partial charge on any atom is 0.307 e. The van der Waals surface area contributed by atoms with Crippen LogP contribution in [-0.2, 0) is 19.1 Å². The van der Waals surface area contributed by atoms with Crippen LogP contribution in [0.1, 0.15) is 58.3 Å². The molecule has 6 heteroatoms. The molecule has 1 amide bonds. The Labute approximate surface area is 151 Å². The summed E-state index contributed by atoms with van der Waals surface area (Å²) in [6.45, 7) is 3.64. The van der Waals surface area contributed by atoms with Crippen molar-refractivity contribution >= 4 is 11.9 Å². The summed E-state index contributed by atoms with van der Waals surface area (Å²) in [6.07, 6.45) is 8.13. The molecule has 1 N–H and O–H groups in total. The third kappa shape index (κ3) is 8.68. The van der Waals surface area contributed by atoms with Crippen molar-refractivity contribution in [2.75, 3.05) is 40.0 Å².